The summed E-state index contributed by atoms with van der Waals surface area (Å²) < 4.78 is 5.53. The van der Waals surface area contributed by atoms with Crippen molar-refractivity contribution in [2.24, 2.45) is 22.4 Å². The molecule has 9 heteroatoms. The fourth-order valence-corrected chi connectivity index (χ4v) is 5.25. The van der Waals surface area contributed by atoms with Crippen molar-refractivity contribution in [3.05, 3.63) is 0 Å². The van der Waals surface area contributed by atoms with Crippen LogP contribution in [0.1, 0.15) is 163 Å². The molecule has 0 aliphatic carbocycles. The predicted octanol–water partition coefficient (Wildman–Crippen LogP) is 6.66. The molecule has 0 radical (unpaired) electrons. The van der Waals surface area contributed by atoms with Gasteiger partial charge in [0, 0.05) is 13.5 Å². The maximum Gasteiger partial charge on any atom is 0.328 e. The molecule has 6 N–H and O–H groups in total. The first-order valence-corrected chi connectivity index (χ1v) is 17.5. The molecule has 0 aliphatic heterocycles. The summed E-state index contributed by atoms with van der Waals surface area (Å²) in [4.78, 5) is 41.3. The maximum atomic E-state index is 12.9. The minimum Gasteiger partial charge on any atom is -0.464 e. The van der Waals surface area contributed by atoms with Gasteiger partial charge in [0.25, 0.3) is 0 Å². The van der Waals surface area contributed by atoms with Crippen molar-refractivity contribution in [2.75, 3.05) is 13.2 Å². The van der Waals surface area contributed by atoms with Crippen LogP contribution in [0.15, 0.2) is 4.99 Å². The van der Waals surface area contributed by atoms with Crippen molar-refractivity contribution < 1.29 is 19.1 Å². The number of rotatable bonds is 29. The zero-order valence-electron chi connectivity index (χ0n) is 28.2. The van der Waals surface area contributed by atoms with Crippen LogP contribution in [0.4, 0.5) is 0 Å². The Kier molecular flexibility index (Phi) is 26.9. The third-order valence-electron chi connectivity index (χ3n) is 7.69. The summed E-state index contributed by atoms with van der Waals surface area (Å²) in [6, 6.07) is -1.53. The van der Waals surface area contributed by atoms with E-state index in [0.29, 0.717) is 32.4 Å². The first-order chi connectivity index (χ1) is 20.7. The van der Waals surface area contributed by atoms with Gasteiger partial charge in [0.05, 0.1) is 6.61 Å². The Morgan fingerprint density at radius 3 is 1.56 bits per heavy atom. The van der Waals surface area contributed by atoms with Crippen molar-refractivity contribution in [2.45, 2.75) is 175 Å². The van der Waals surface area contributed by atoms with Crippen LogP contribution in [-0.2, 0) is 19.1 Å². The SMILES string of the molecule is CCCCCCCCCCCCCCCCCCCCOC(=O)[C@H](CCCN=C(N)N)NC(=O)[C@H](CC(C)C)NC(C)=O. The number of nitrogens with zero attached hydrogens (tertiary/aromatic N) is 1. The number of esters is 1. The van der Waals surface area contributed by atoms with E-state index in [1.54, 1.807) is 0 Å². The number of amides is 2. The number of nitrogens with one attached hydrogen (secondary N) is 2. The fourth-order valence-electron chi connectivity index (χ4n) is 5.25. The highest BCUT2D eigenvalue weighted by atomic mass is 16.5. The molecule has 0 bridgehead atoms. The lowest BCUT2D eigenvalue weighted by Crippen LogP contribution is -2.52. The lowest BCUT2D eigenvalue weighted by Gasteiger charge is -2.23. The highest BCUT2D eigenvalue weighted by molar-refractivity contribution is 5.90. The Morgan fingerprint density at radius 2 is 1.14 bits per heavy atom. The van der Waals surface area contributed by atoms with Crippen LogP contribution in [0.25, 0.3) is 0 Å². The van der Waals surface area contributed by atoms with Crippen LogP contribution in [0.2, 0.25) is 0 Å². The Labute approximate surface area is 263 Å². The molecule has 0 fully saturated rings. The third kappa shape index (κ3) is 27.0. The molecular formula is C34H67N5O4. The fraction of sp³-hybridized carbons (Fsp3) is 0.882. The summed E-state index contributed by atoms with van der Waals surface area (Å²) >= 11 is 0. The van der Waals surface area contributed by atoms with Crippen molar-refractivity contribution in [1.82, 2.24) is 10.6 Å². The van der Waals surface area contributed by atoms with Gasteiger partial charge in [-0.05, 0) is 31.6 Å². The minimum atomic E-state index is -0.819. The number of ether oxygens (including phenoxy) is 1. The van der Waals surface area contributed by atoms with E-state index in [0.717, 1.165) is 19.3 Å². The molecule has 0 aliphatic rings. The van der Waals surface area contributed by atoms with E-state index in [9.17, 15) is 14.4 Å². The Morgan fingerprint density at radius 1 is 0.674 bits per heavy atom. The van der Waals surface area contributed by atoms with Gasteiger partial charge in [-0.3, -0.25) is 14.6 Å². The van der Waals surface area contributed by atoms with E-state index in [2.05, 4.69) is 22.5 Å². The number of nitrogens with two attached hydrogens (primary N) is 2. The van der Waals surface area contributed by atoms with E-state index in [4.69, 9.17) is 16.2 Å². The van der Waals surface area contributed by atoms with Gasteiger partial charge in [0.15, 0.2) is 5.96 Å². The number of unbranched alkanes of at least 4 members (excludes halogenated alkanes) is 17. The molecule has 0 aromatic rings. The minimum absolute atomic E-state index is 0.0140. The number of aliphatic imine (C=N–C) groups is 1. The van der Waals surface area contributed by atoms with Crippen LogP contribution in [0.3, 0.4) is 0 Å². The lowest BCUT2D eigenvalue weighted by molar-refractivity contribution is -0.148. The summed E-state index contributed by atoms with van der Waals surface area (Å²) in [7, 11) is 0. The van der Waals surface area contributed by atoms with Crippen LogP contribution in [0.5, 0.6) is 0 Å². The van der Waals surface area contributed by atoms with Gasteiger partial charge in [-0.2, -0.15) is 0 Å². The average molecular weight is 610 g/mol. The van der Waals surface area contributed by atoms with Gasteiger partial charge in [-0.15, -0.1) is 0 Å². The molecular weight excluding hydrogens is 542 g/mol. The summed E-state index contributed by atoms with van der Waals surface area (Å²) in [6.45, 7) is 8.28. The maximum absolute atomic E-state index is 12.9. The standard InChI is InChI=1S/C34H67N5O4/c1-5-6-7-8-9-10-11-12-13-14-15-16-17-18-19-20-21-22-26-43-33(42)30(24-23-25-37-34(35)36)39-32(41)31(27-28(2)3)38-29(4)40/h28,30-31H,5-27H2,1-4H3,(H,38,40)(H,39,41)(H4,35,36,37)/t30-,31-/m0/s1. The van der Waals surface area contributed by atoms with E-state index >= 15 is 0 Å². The number of carbonyl (C=O) groups is 3. The zero-order chi connectivity index (χ0) is 32.1. The van der Waals surface area contributed by atoms with E-state index < -0.39 is 18.1 Å². The van der Waals surface area contributed by atoms with Crippen LogP contribution in [0, 0.1) is 5.92 Å². The van der Waals surface area contributed by atoms with Crippen molar-refractivity contribution >= 4 is 23.7 Å². The second-order valence-corrected chi connectivity index (χ2v) is 12.6. The van der Waals surface area contributed by atoms with E-state index in [-0.39, 0.29) is 23.7 Å². The Hall–Kier alpha value is -2.32. The molecule has 0 saturated heterocycles. The highest BCUT2D eigenvalue weighted by Gasteiger charge is 2.27. The molecule has 0 aromatic heterocycles. The van der Waals surface area contributed by atoms with Crippen molar-refractivity contribution in [1.29, 1.82) is 0 Å². The predicted molar refractivity (Wildman–Crippen MR) is 179 cm³/mol. The zero-order valence-corrected chi connectivity index (χ0v) is 28.2. The van der Waals surface area contributed by atoms with E-state index in [1.807, 2.05) is 13.8 Å². The van der Waals surface area contributed by atoms with Crippen molar-refractivity contribution in [3.8, 4) is 0 Å². The highest BCUT2D eigenvalue weighted by Crippen LogP contribution is 2.14. The van der Waals surface area contributed by atoms with Gasteiger partial charge < -0.3 is 26.8 Å². The first-order valence-electron chi connectivity index (χ1n) is 17.5. The molecule has 0 rings (SSSR count). The number of hydrogen-bond acceptors (Lipinski definition) is 5. The summed E-state index contributed by atoms with van der Waals surface area (Å²) in [5.74, 6) is -0.960. The average Bonchev–Trinajstić information content (AvgIpc) is 2.94. The van der Waals surface area contributed by atoms with Gasteiger partial charge in [0.1, 0.15) is 12.1 Å². The second kappa shape index (κ2) is 28.5. The Balaban J connectivity index is 4.14. The summed E-state index contributed by atoms with van der Waals surface area (Å²) in [5.41, 5.74) is 10.8. The first kappa shape index (κ1) is 40.7. The van der Waals surface area contributed by atoms with Gasteiger partial charge in [0.2, 0.25) is 11.8 Å². The number of guanidine groups is 1. The van der Waals surface area contributed by atoms with Gasteiger partial charge in [-0.1, -0.05) is 130 Å². The quantitative estimate of drug-likeness (QED) is 0.0322. The van der Waals surface area contributed by atoms with Crippen LogP contribution >= 0.6 is 0 Å². The van der Waals surface area contributed by atoms with Gasteiger partial charge >= 0.3 is 5.97 Å². The normalized spacial score (nSPS) is 12.5. The van der Waals surface area contributed by atoms with Crippen LogP contribution in [-0.4, -0.2) is 49.0 Å². The molecule has 2 atom stereocenters. The van der Waals surface area contributed by atoms with E-state index in [1.165, 1.54) is 103 Å². The molecule has 252 valence electrons. The largest absolute Gasteiger partial charge is 0.464 e. The second-order valence-electron chi connectivity index (χ2n) is 12.6. The monoisotopic (exact) mass is 610 g/mol. The number of carbonyl (C=O) groups excluding carboxylic acids is 3. The van der Waals surface area contributed by atoms with Gasteiger partial charge in [-0.25, -0.2) is 4.79 Å². The molecule has 0 spiro atoms. The molecule has 9 nitrogen and oxygen atoms in total. The topological polar surface area (TPSA) is 149 Å². The third-order valence-corrected chi connectivity index (χ3v) is 7.69. The smallest absolute Gasteiger partial charge is 0.328 e. The molecule has 0 unspecified atom stereocenters. The van der Waals surface area contributed by atoms with Crippen molar-refractivity contribution in [3.63, 3.8) is 0 Å². The summed E-state index contributed by atoms with van der Waals surface area (Å²) in [6.07, 6.45) is 24.8. The molecule has 2 amide bonds. The number of hydrogen-bond donors (Lipinski definition) is 4. The Bertz CT molecular complexity index is 740. The molecule has 43 heavy (non-hydrogen) atoms. The molecule has 0 saturated carbocycles. The van der Waals surface area contributed by atoms with Crippen LogP contribution < -0.4 is 22.1 Å². The lowest BCUT2D eigenvalue weighted by atomic mass is 10.0. The summed E-state index contributed by atoms with van der Waals surface area (Å²) in [5, 5.41) is 5.47. The molecule has 0 aromatic carbocycles. The molecule has 0 heterocycles.